The summed E-state index contributed by atoms with van der Waals surface area (Å²) in [5, 5.41) is 9.75. The summed E-state index contributed by atoms with van der Waals surface area (Å²) in [6.45, 7) is 0.477. The lowest BCUT2D eigenvalue weighted by atomic mass is 10.2. The van der Waals surface area contributed by atoms with Crippen molar-refractivity contribution in [1.82, 2.24) is 0 Å². The first-order chi connectivity index (χ1) is 10.2. The van der Waals surface area contributed by atoms with E-state index >= 15 is 0 Å². The first-order valence-corrected chi connectivity index (χ1v) is 7.21. The van der Waals surface area contributed by atoms with E-state index in [1.807, 2.05) is 30.3 Å². The van der Waals surface area contributed by atoms with Crippen molar-refractivity contribution < 1.29 is 9.84 Å². The Labute approximate surface area is 134 Å². The van der Waals surface area contributed by atoms with Gasteiger partial charge in [0.1, 0.15) is 12.4 Å². The molecule has 2 rings (SSSR count). The largest absolute Gasteiger partial charge is 0.489 e. The Bertz CT molecular complexity index is 672. The fourth-order valence-corrected chi connectivity index (χ4v) is 2.00. The smallest absolute Gasteiger partial charge is 0.121 e. The minimum Gasteiger partial charge on any atom is -0.489 e. The maximum absolute atomic E-state index is 8.70. The highest BCUT2D eigenvalue weighted by atomic mass is 35.5. The van der Waals surface area contributed by atoms with Gasteiger partial charge in [-0.2, -0.15) is 0 Å². The molecule has 0 fully saturated rings. The van der Waals surface area contributed by atoms with Crippen molar-refractivity contribution in [3.63, 3.8) is 0 Å². The normalized spacial score (nSPS) is 9.86. The highest BCUT2D eigenvalue weighted by molar-refractivity contribution is 6.42. The van der Waals surface area contributed by atoms with Crippen molar-refractivity contribution in [1.29, 1.82) is 0 Å². The predicted molar refractivity (Wildman–Crippen MR) is 85.8 cm³/mol. The second-order valence-electron chi connectivity index (χ2n) is 4.34. The van der Waals surface area contributed by atoms with Crippen LogP contribution in [-0.4, -0.2) is 11.7 Å². The molecule has 0 saturated heterocycles. The van der Waals surface area contributed by atoms with E-state index in [-0.39, 0.29) is 6.61 Å². The molecular formula is C17H14Cl2O2. The lowest BCUT2D eigenvalue weighted by Crippen LogP contribution is -1.95. The average Bonchev–Trinajstić information content (AvgIpc) is 2.49. The highest BCUT2D eigenvalue weighted by Crippen LogP contribution is 2.23. The van der Waals surface area contributed by atoms with Crippen LogP contribution < -0.4 is 4.74 Å². The maximum Gasteiger partial charge on any atom is 0.121 e. The zero-order chi connectivity index (χ0) is 15.1. The summed E-state index contributed by atoms with van der Waals surface area (Å²) in [5.41, 5.74) is 1.80. The molecule has 0 amide bonds. The first-order valence-electron chi connectivity index (χ1n) is 6.45. The molecule has 2 aromatic carbocycles. The van der Waals surface area contributed by atoms with Gasteiger partial charge in [0.05, 0.1) is 16.7 Å². The Morgan fingerprint density at radius 2 is 1.90 bits per heavy atom. The van der Waals surface area contributed by atoms with Gasteiger partial charge in [-0.3, -0.25) is 0 Å². The van der Waals surface area contributed by atoms with Crippen LogP contribution in [0, 0.1) is 11.8 Å². The zero-order valence-electron chi connectivity index (χ0n) is 11.3. The zero-order valence-corrected chi connectivity index (χ0v) is 12.8. The van der Waals surface area contributed by atoms with Gasteiger partial charge in [0, 0.05) is 12.0 Å². The van der Waals surface area contributed by atoms with Crippen molar-refractivity contribution in [3.8, 4) is 17.6 Å². The number of hydrogen-bond acceptors (Lipinski definition) is 2. The molecule has 0 heterocycles. The average molecular weight is 321 g/mol. The van der Waals surface area contributed by atoms with Gasteiger partial charge in [-0.1, -0.05) is 47.2 Å². The summed E-state index contributed by atoms with van der Waals surface area (Å²) in [4.78, 5) is 0. The topological polar surface area (TPSA) is 29.5 Å². The Balaban J connectivity index is 2.01. The third-order valence-electron chi connectivity index (χ3n) is 2.69. The predicted octanol–water partition coefficient (Wildman–Crippen LogP) is 4.31. The molecule has 0 bridgehead atoms. The van der Waals surface area contributed by atoms with E-state index in [1.54, 1.807) is 12.1 Å². The number of hydrogen-bond donors (Lipinski definition) is 1. The Kier molecular flexibility index (Phi) is 5.95. The molecule has 2 aromatic rings. The molecule has 0 aliphatic heterocycles. The van der Waals surface area contributed by atoms with Gasteiger partial charge >= 0.3 is 0 Å². The molecule has 4 heteroatoms. The summed E-state index contributed by atoms with van der Waals surface area (Å²) < 4.78 is 5.71. The Hall–Kier alpha value is -1.66. The van der Waals surface area contributed by atoms with Crippen LogP contribution in [0.5, 0.6) is 5.75 Å². The van der Waals surface area contributed by atoms with Gasteiger partial charge < -0.3 is 9.84 Å². The van der Waals surface area contributed by atoms with Crippen molar-refractivity contribution >= 4 is 23.2 Å². The summed E-state index contributed by atoms with van der Waals surface area (Å²) in [7, 11) is 0. The summed E-state index contributed by atoms with van der Waals surface area (Å²) >= 11 is 11.8. The van der Waals surface area contributed by atoms with E-state index in [1.165, 1.54) is 0 Å². The van der Waals surface area contributed by atoms with Crippen LogP contribution in [0.25, 0.3) is 0 Å². The molecule has 21 heavy (non-hydrogen) atoms. The minimum absolute atomic E-state index is 0.0700. The van der Waals surface area contributed by atoms with E-state index in [0.717, 1.165) is 16.9 Å². The summed E-state index contributed by atoms with van der Waals surface area (Å²) in [6, 6.07) is 12.9. The van der Waals surface area contributed by atoms with Crippen LogP contribution in [0.4, 0.5) is 0 Å². The van der Waals surface area contributed by atoms with Gasteiger partial charge in [-0.25, -0.2) is 0 Å². The quantitative estimate of drug-likeness (QED) is 0.851. The third kappa shape index (κ3) is 4.99. The fraction of sp³-hybridized carbons (Fsp3) is 0.176. The molecule has 108 valence electrons. The monoisotopic (exact) mass is 320 g/mol. The van der Waals surface area contributed by atoms with Crippen molar-refractivity contribution in [2.24, 2.45) is 0 Å². The molecular weight excluding hydrogens is 307 g/mol. The molecule has 0 unspecified atom stereocenters. The number of benzene rings is 2. The molecule has 0 radical (unpaired) electrons. The first kappa shape index (κ1) is 15.7. The second kappa shape index (κ2) is 7.95. The van der Waals surface area contributed by atoms with Crippen LogP contribution in [-0.2, 0) is 6.61 Å². The van der Waals surface area contributed by atoms with Crippen LogP contribution in [0.15, 0.2) is 42.5 Å². The summed E-state index contributed by atoms with van der Waals surface area (Å²) in [5.74, 6) is 6.58. The van der Waals surface area contributed by atoms with Gasteiger partial charge in [0.25, 0.3) is 0 Å². The number of rotatable bonds is 4. The van der Waals surface area contributed by atoms with Gasteiger partial charge in [-0.05, 0) is 35.9 Å². The molecule has 0 saturated carbocycles. The molecule has 0 aromatic heterocycles. The van der Waals surface area contributed by atoms with Crippen molar-refractivity contribution in [2.45, 2.75) is 13.0 Å². The van der Waals surface area contributed by atoms with Gasteiger partial charge in [0.2, 0.25) is 0 Å². The minimum atomic E-state index is 0.0700. The van der Waals surface area contributed by atoms with E-state index in [2.05, 4.69) is 11.8 Å². The lowest BCUT2D eigenvalue weighted by Gasteiger charge is -2.07. The van der Waals surface area contributed by atoms with E-state index in [0.29, 0.717) is 23.1 Å². The van der Waals surface area contributed by atoms with Crippen molar-refractivity contribution in [2.75, 3.05) is 6.61 Å². The Morgan fingerprint density at radius 3 is 2.67 bits per heavy atom. The van der Waals surface area contributed by atoms with E-state index in [4.69, 9.17) is 33.0 Å². The standard InChI is InChI=1S/C17H14Cl2O2/c18-16-8-7-14(11-17(16)19)12-21-15-6-3-5-13(10-15)4-1-2-9-20/h3,5-8,10-11,20H,2,9,12H2. The van der Waals surface area contributed by atoms with E-state index < -0.39 is 0 Å². The molecule has 0 atom stereocenters. The SMILES string of the molecule is OCCC#Cc1cccc(OCc2ccc(Cl)c(Cl)c2)c1. The van der Waals surface area contributed by atoms with E-state index in [9.17, 15) is 0 Å². The Morgan fingerprint density at radius 1 is 1.05 bits per heavy atom. The van der Waals surface area contributed by atoms with Gasteiger partial charge in [-0.15, -0.1) is 0 Å². The van der Waals surface area contributed by atoms with Gasteiger partial charge in [0.15, 0.2) is 0 Å². The summed E-state index contributed by atoms with van der Waals surface area (Å²) in [6.07, 6.45) is 0.467. The number of ether oxygens (including phenoxy) is 1. The molecule has 1 N–H and O–H groups in total. The number of aliphatic hydroxyl groups excluding tert-OH is 1. The second-order valence-corrected chi connectivity index (χ2v) is 5.15. The van der Waals surface area contributed by atoms with Crippen LogP contribution in [0.2, 0.25) is 10.0 Å². The maximum atomic E-state index is 8.70. The highest BCUT2D eigenvalue weighted by Gasteiger charge is 2.01. The number of halogens is 2. The van der Waals surface area contributed by atoms with Crippen LogP contribution in [0.3, 0.4) is 0 Å². The third-order valence-corrected chi connectivity index (χ3v) is 3.43. The van der Waals surface area contributed by atoms with Crippen LogP contribution in [0.1, 0.15) is 17.5 Å². The lowest BCUT2D eigenvalue weighted by molar-refractivity contribution is 0.305. The fourth-order valence-electron chi connectivity index (χ4n) is 1.68. The molecule has 2 nitrogen and oxygen atoms in total. The van der Waals surface area contributed by atoms with Crippen LogP contribution >= 0.6 is 23.2 Å². The molecule has 0 spiro atoms. The number of aliphatic hydroxyl groups is 1. The van der Waals surface area contributed by atoms with Crippen molar-refractivity contribution in [3.05, 3.63) is 63.6 Å². The molecule has 0 aliphatic carbocycles. The molecule has 0 aliphatic rings.